The molecular weight excluding hydrogens is 290 g/mol. The van der Waals surface area contributed by atoms with E-state index < -0.39 is 16.0 Å². The first-order valence-corrected chi connectivity index (χ1v) is 7.40. The van der Waals surface area contributed by atoms with Crippen LogP contribution in [-0.4, -0.2) is 39.4 Å². The zero-order valence-corrected chi connectivity index (χ0v) is 12.6. The van der Waals surface area contributed by atoms with Crippen LogP contribution in [0, 0.1) is 6.92 Å². The number of methoxy groups -OCH3 is 1. The zero-order valence-electron chi connectivity index (χ0n) is 11.0. The fourth-order valence-corrected chi connectivity index (χ4v) is 3.19. The molecule has 0 aliphatic heterocycles. The first kappa shape index (κ1) is 15.9. The summed E-state index contributed by atoms with van der Waals surface area (Å²) in [6.07, 6.45) is -0.00426. The van der Waals surface area contributed by atoms with Crippen LogP contribution in [0.5, 0.6) is 0 Å². The van der Waals surface area contributed by atoms with Gasteiger partial charge in [0.1, 0.15) is 4.90 Å². The van der Waals surface area contributed by atoms with Gasteiger partial charge in [0.2, 0.25) is 10.0 Å². The number of hydrogen-bond acceptors (Lipinski definition) is 4. The Morgan fingerprint density at radius 2 is 2.05 bits per heavy atom. The zero-order chi connectivity index (χ0) is 14.6. The van der Waals surface area contributed by atoms with Gasteiger partial charge in [-0.15, -0.1) is 0 Å². The Morgan fingerprint density at radius 3 is 2.58 bits per heavy atom. The van der Waals surface area contributed by atoms with Gasteiger partial charge in [0.15, 0.2) is 0 Å². The van der Waals surface area contributed by atoms with E-state index in [9.17, 15) is 13.2 Å². The average molecular weight is 306 g/mol. The molecule has 1 rings (SSSR count). The Labute approximate surface area is 118 Å². The highest BCUT2D eigenvalue weighted by Gasteiger charge is 2.23. The summed E-state index contributed by atoms with van der Waals surface area (Å²) in [5.74, 6) is -0.461. The van der Waals surface area contributed by atoms with E-state index >= 15 is 0 Å². The summed E-state index contributed by atoms with van der Waals surface area (Å²) in [5, 5.41) is 0.171. The van der Waals surface area contributed by atoms with Crippen molar-refractivity contribution in [2.24, 2.45) is 0 Å². The summed E-state index contributed by atoms with van der Waals surface area (Å²) >= 11 is 5.95. The third kappa shape index (κ3) is 3.92. The highest BCUT2D eigenvalue weighted by molar-refractivity contribution is 7.89. The van der Waals surface area contributed by atoms with Crippen LogP contribution in [0.25, 0.3) is 0 Å². The summed E-state index contributed by atoms with van der Waals surface area (Å²) in [7, 11) is -1.04. The molecule has 7 heteroatoms. The van der Waals surface area contributed by atoms with E-state index in [4.69, 9.17) is 11.6 Å². The number of hydrogen-bond donors (Lipinski definition) is 0. The lowest BCUT2D eigenvalue weighted by Crippen LogP contribution is -2.29. The largest absolute Gasteiger partial charge is 0.469 e. The number of aryl methyl sites for hydroxylation is 1. The minimum absolute atomic E-state index is 0.00426. The monoisotopic (exact) mass is 305 g/mol. The van der Waals surface area contributed by atoms with E-state index in [1.807, 2.05) is 6.92 Å². The Kier molecular flexibility index (Phi) is 5.34. The first-order chi connectivity index (χ1) is 8.78. The van der Waals surface area contributed by atoms with Gasteiger partial charge in [-0.3, -0.25) is 4.79 Å². The maximum absolute atomic E-state index is 12.3. The Balaban J connectivity index is 2.94. The lowest BCUT2D eigenvalue weighted by molar-refractivity contribution is -0.140. The SMILES string of the molecule is COC(=O)CCN(C)S(=O)(=O)c1ccc(C)cc1Cl. The number of carbonyl (C=O) groups is 1. The number of benzene rings is 1. The van der Waals surface area contributed by atoms with Gasteiger partial charge in [-0.05, 0) is 24.6 Å². The predicted molar refractivity (Wildman–Crippen MR) is 72.6 cm³/mol. The summed E-state index contributed by atoms with van der Waals surface area (Å²) in [4.78, 5) is 11.1. The molecular formula is C12H16ClNO4S. The lowest BCUT2D eigenvalue weighted by atomic mass is 10.2. The third-order valence-electron chi connectivity index (χ3n) is 2.63. The van der Waals surface area contributed by atoms with Gasteiger partial charge in [-0.2, -0.15) is 0 Å². The number of carbonyl (C=O) groups excluding carboxylic acids is 1. The maximum atomic E-state index is 12.3. The number of ether oxygens (including phenoxy) is 1. The molecule has 0 saturated heterocycles. The molecule has 0 bridgehead atoms. The smallest absolute Gasteiger partial charge is 0.306 e. The molecule has 0 heterocycles. The molecule has 0 aliphatic carbocycles. The van der Waals surface area contributed by atoms with Crippen molar-refractivity contribution in [2.45, 2.75) is 18.2 Å². The van der Waals surface area contributed by atoms with Crippen molar-refractivity contribution in [3.05, 3.63) is 28.8 Å². The van der Waals surface area contributed by atoms with E-state index in [2.05, 4.69) is 4.74 Å². The molecule has 0 spiro atoms. The molecule has 0 aliphatic rings. The van der Waals surface area contributed by atoms with E-state index in [1.165, 1.54) is 20.2 Å². The fourth-order valence-electron chi connectivity index (χ4n) is 1.45. The Morgan fingerprint density at radius 1 is 1.42 bits per heavy atom. The third-order valence-corrected chi connectivity index (χ3v) is 4.97. The van der Waals surface area contributed by atoms with Gasteiger partial charge in [0.25, 0.3) is 0 Å². The van der Waals surface area contributed by atoms with Crippen molar-refractivity contribution in [2.75, 3.05) is 20.7 Å². The van der Waals surface area contributed by atoms with E-state index in [-0.39, 0.29) is 22.9 Å². The first-order valence-electron chi connectivity index (χ1n) is 5.58. The van der Waals surface area contributed by atoms with Crippen LogP contribution < -0.4 is 0 Å². The van der Waals surface area contributed by atoms with Crippen molar-refractivity contribution >= 4 is 27.6 Å². The van der Waals surface area contributed by atoms with E-state index in [1.54, 1.807) is 12.1 Å². The molecule has 0 radical (unpaired) electrons. The molecule has 0 atom stereocenters. The quantitative estimate of drug-likeness (QED) is 0.779. The fraction of sp³-hybridized carbons (Fsp3) is 0.417. The Bertz CT molecular complexity index is 571. The molecule has 0 N–H and O–H groups in total. The number of esters is 1. The highest BCUT2D eigenvalue weighted by atomic mass is 35.5. The molecule has 1 aromatic rings. The molecule has 0 amide bonds. The van der Waals surface area contributed by atoms with Gasteiger partial charge in [0.05, 0.1) is 18.6 Å². The molecule has 0 unspecified atom stereocenters. The number of nitrogens with zero attached hydrogens (tertiary/aromatic N) is 1. The number of rotatable bonds is 5. The van der Waals surface area contributed by atoms with Gasteiger partial charge < -0.3 is 4.74 Å². The van der Waals surface area contributed by atoms with Crippen molar-refractivity contribution in [1.29, 1.82) is 0 Å². The predicted octanol–water partition coefficient (Wildman–Crippen LogP) is 1.83. The van der Waals surface area contributed by atoms with Crippen molar-refractivity contribution in [1.82, 2.24) is 4.31 Å². The van der Waals surface area contributed by atoms with E-state index in [0.29, 0.717) is 0 Å². The molecule has 0 fully saturated rings. The van der Waals surface area contributed by atoms with Crippen molar-refractivity contribution in [3.8, 4) is 0 Å². The molecule has 1 aromatic carbocycles. The summed E-state index contributed by atoms with van der Waals surface area (Å²) in [5.41, 5.74) is 0.876. The molecule has 19 heavy (non-hydrogen) atoms. The molecule has 0 aromatic heterocycles. The van der Waals surface area contributed by atoms with Crippen LogP contribution in [0.4, 0.5) is 0 Å². The van der Waals surface area contributed by atoms with Gasteiger partial charge >= 0.3 is 5.97 Å². The van der Waals surface area contributed by atoms with Crippen LogP contribution in [0.1, 0.15) is 12.0 Å². The minimum atomic E-state index is -3.70. The molecule has 5 nitrogen and oxygen atoms in total. The lowest BCUT2D eigenvalue weighted by Gasteiger charge is -2.17. The topological polar surface area (TPSA) is 63.7 Å². The number of halogens is 1. The van der Waals surface area contributed by atoms with Crippen LogP contribution in [0.2, 0.25) is 5.02 Å². The second-order valence-corrected chi connectivity index (χ2v) is 6.51. The normalized spacial score (nSPS) is 11.6. The minimum Gasteiger partial charge on any atom is -0.469 e. The van der Waals surface area contributed by atoms with Gasteiger partial charge in [-0.25, -0.2) is 12.7 Å². The van der Waals surface area contributed by atoms with Crippen LogP contribution in [0.15, 0.2) is 23.1 Å². The Hall–Kier alpha value is -1.11. The van der Waals surface area contributed by atoms with Crippen LogP contribution in [0.3, 0.4) is 0 Å². The second kappa shape index (κ2) is 6.36. The van der Waals surface area contributed by atoms with Gasteiger partial charge in [0, 0.05) is 13.6 Å². The van der Waals surface area contributed by atoms with Crippen LogP contribution >= 0.6 is 11.6 Å². The molecule has 106 valence electrons. The summed E-state index contributed by atoms with van der Waals surface area (Å²) in [6.45, 7) is 1.86. The van der Waals surface area contributed by atoms with Gasteiger partial charge in [-0.1, -0.05) is 17.7 Å². The second-order valence-electron chi connectivity index (χ2n) is 4.09. The highest BCUT2D eigenvalue weighted by Crippen LogP contribution is 2.25. The standard InChI is InChI=1S/C12H16ClNO4S/c1-9-4-5-11(10(13)8-9)19(16,17)14(2)7-6-12(15)18-3/h4-5,8H,6-7H2,1-3H3. The number of sulfonamides is 1. The van der Waals surface area contributed by atoms with Crippen LogP contribution in [-0.2, 0) is 19.6 Å². The average Bonchev–Trinajstić information content (AvgIpc) is 2.34. The maximum Gasteiger partial charge on any atom is 0.306 e. The van der Waals surface area contributed by atoms with E-state index in [0.717, 1.165) is 9.87 Å². The van der Waals surface area contributed by atoms with Crippen molar-refractivity contribution < 1.29 is 17.9 Å². The van der Waals surface area contributed by atoms with Crippen molar-refractivity contribution in [3.63, 3.8) is 0 Å². The summed E-state index contributed by atoms with van der Waals surface area (Å²) in [6, 6.07) is 4.72. The molecule has 0 saturated carbocycles. The summed E-state index contributed by atoms with van der Waals surface area (Å²) < 4.78 is 30.1.